The van der Waals surface area contributed by atoms with Gasteiger partial charge in [-0.15, -0.1) is 5.10 Å². The zero-order valence-corrected chi connectivity index (χ0v) is 13.3. The summed E-state index contributed by atoms with van der Waals surface area (Å²) >= 11 is 0. The summed E-state index contributed by atoms with van der Waals surface area (Å²) in [4.78, 5) is 10.7. The maximum atomic E-state index is 12.8. The van der Waals surface area contributed by atoms with E-state index in [0.29, 0.717) is 24.9 Å². The predicted octanol–water partition coefficient (Wildman–Crippen LogP) is 1.25. The van der Waals surface area contributed by atoms with E-state index < -0.39 is 20.9 Å². The van der Waals surface area contributed by atoms with Crippen LogP contribution in [0.2, 0.25) is 0 Å². The Kier molecular flexibility index (Phi) is 5.43. The van der Waals surface area contributed by atoms with E-state index >= 15 is 0 Å². The van der Waals surface area contributed by atoms with Crippen molar-refractivity contribution in [1.29, 1.82) is 0 Å². The molecule has 0 spiro atoms. The second kappa shape index (κ2) is 7.32. The third-order valence-electron chi connectivity index (χ3n) is 2.93. The van der Waals surface area contributed by atoms with Crippen molar-refractivity contribution in [3.05, 3.63) is 41.5 Å². The summed E-state index contributed by atoms with van der Waals surface area (Å²) in [6.45, 7) is 1.85. The maximum Gasteiger partial charge on any atom is 0.335 e. The SMILES string of the molecule is CC(=O)NCCCc1nnc(S(=O)(=O)Cc2ccc(F)cc2)o1. The molecule has 1 aromatic carbocycles. The number of hydrogen-bond acceptors (Lipinski definition) is 6. The van der Waals surface area contributed by atoms with E-state index in [0.717, 1.165) is 0 Å². The van der Waals surface area contributed by atoms with Crippen molar-refractivity contribution in [2.45, 2.75) is 30.7 Å². The lowest BCUT2D eigenvalue weighted by Gasteiger charge is -2.00. The molecular formula is C14H16FN3O4S. The minimum Gasteiger partial charge on any atom is -0.413 e. The van der Waals surface area contributed by atoms with Gasteiger partial charge < -0.3 is 9.73 Å². The highest BCUT2D eigenvalue weighted by atomic mass is 32.2. The Hall–Kier alpha value is -2.29. The Morgan fingerprint density at radius 3 is 2.61 bits per heavy atom. The Balaban J connectivity index is 1.97. The van der Waals surface area contributed by atoms with Crippen LogP contribution in [0.4, 0.5) is 4.39 Å². The van der Waals surface area contributed by atoms with Crippen LogP contribution in [0.1, 0.15) is 24.8 Å². The number of carbonyl (C=O) groups excluding carboxylic acids is 1. The average Bonchev–Trinajstić information content (AvgIpc) is 2.95. The van der Waals surface area contributed by atoms with Crippen LogP contribution in [-0.4, -0.2) is 31.1 Å². The molecule has 0 fully saturated rings. The van der Waals surface area contributed by atoms with Gasteiger partial charge in [0.2, 0.25) is 21.6 Å². The van der Waals surface area contributed by atoms with Crippen LogP contribution in [-0.2, 0) is 26.8 Å². The van der Waals surface area contributed by atoms with E-state index in [1.807, 2.05) is 0 Å². The van der Waals surface area contributed by atoms with Crippen LogP contribution >= 0.6 is 0 Å². The van der Waals surface area contributed by atoms with Crippen molar-refractivity contribution in [3.63, 3.8) is 0 Å². The lowest BCUT2D eigenvalue weighted by atomic mass is 10.2. The van der Waals surface area contributed by atoms with E-state index in [9.17, 15) is 17.6 Å². The van der Waals surface area contributed by atoms with Gasteiger partial charge in [-0.05, 0) is 24.1 Å². The number of rotatable bonds is 7. The minimum atomic E-state index is -3.78. The van der Waals surface area contributed by atoms with Gasteiger partial charge in [0.25, 0.3) is 0 Å². The molecule has 124 valence electrons. The molecule has 0 aliphatic carbocycles. The molecule has 0 aliphatic heterocycles. The molecule has 0 unspecified atom stereocenters. The Morgan fingerprint density at radius 1 is 1.26 bits per heavy atom. The molecule has 0 bridgehead atoms. The van der Waals surface area contributed by atoms with Crippen LogP contribution in [0, 0.1) is 5.82 Å². The number of nitrogens with zero attached hydrogens (tertiary/aromatic N) is 2. The van der Waals surface area contributed by atoms with Crippen LogP contribution in [0.15, 0.2) is 33.9 Å². The number of hydrogen-bond donors (Lipinski definition) is 1. The number of benzene rings is 1. The molecule has 0 radical (unpaired) electrons. The molecule has 1 N–H and O–H groups in total. The Morgan fingerprint density at radius 2 is 1.96 bits per heavy atom. The highest BCUT2D eigenvalue weighted by Crippen LogP contribution is 2.16. The highest BCUT2D eigenvalue weighted by Gasteiger charge is 2.23. The first-order valence-electron chi connectivity index (χ1n) is 6.91. The maximum absolute atomic E-state index is 12.8. The van der Waals surface area contributed by atoms with Crippen molar-refractivity contribution < 1.29 is 22.0 Å². The molecular weight excluding hydrogens is 325 g/mol. The van der Waals surface area contributed by atoms with Crippen molar-refractivity contribution >= 4 is 15.7 Å². The van der Waals surface area contributed by atoms with Gasteiger partial charge in [0.1, 0.15) is 5.82 Å². The fourth-order valence-corrected chi connectivity index (χ4v) is 2.97. The van der Waals surface area contributed by atoms with Gasteiger partial charge in [0, 0.05) is 19.9 Å². The lowest BCUT2D eigenvalue weighted by molar-refractivity contribution is -0.118. The number of aryl methyl sites for hydroxylation is 1. The number of nitrogens with one attached hydrogen (secondary N) is 1. The number of amides is 1. The zero-order valence-electron chi connectivity index (χ0n) is 12.5. The molecule has 1 aromatic heterocycles. The summed E-state index contributed by atoms with van der Waals surface area (Å²) in [5, 5.41) is 9.39. The van der Waals surface area contributed by atoms with Crippen LogP contribution < -0.4 is 5.32 Å². The average molecular weight is 341 g/mol. The summed E-state index contributed by atoms with van der Waals surface area (Å²) in [7, 11) is -3.78. The summed E-state index contributed by atoms with van der Waals surface area (Å²) in [5.41, 5.74) is 0.428. The van der Waals surface area contributed by atoms with E-state index in [1.165, 1.54) is 31.2 Å². The van der Waals surface area contributed by atoms with Crippen molar-refractivity contribution in [1.82, 2.24) is 15.5 Å². The van der Waals surface area contributed by atoms with Gasteiger partial charge in [-0.3, -0.25) is 4.79 Å². The standard InChI is InChI=1S/C14H16FN3O4S/c1-10(19)16-8-2-3-13-17-18-14(22-13)23(20,21)9-11-4-6-12(15)7-5-11/h4-7H,2-3,8-9H2,1H3,(H,16,19). The van der Waals surface area contributed by atoms with Gasteiger partial charge in [0.15, 0.2) is 0 Å². The molecule has 7 nitrogen and oxygen atoms in total. The molecule has 0 atom stereocenters. The van der Waals surface area contributed by atoms with Crippen molar-refractivity contribution in [3.8, 4) is 0 Å². The number of halogens is 1. The number of sulfone groups is 1. The van der Waals surface area contributed by atoms with E-state index in [-0.39, 0.29) is 17.6 Å². The fraction of sp³-hybridized carbons (Fsp3) is 0.357. The molecule has 0 saturated carbocycles. The van der Waals surface area contributed by atoms with Gasteiger partial charge in [-0.1, -0.05) is 17.2 Å². The van der Waals surface area contributed by atoms with E-state index in [1.54, 1.807) is 0 Å². The summed E-state index contributed by atoms with van der Waals surface area (Å²) in [5.74, 6) is -0.739. The largest absolute Gasteiger partial charge is 0.413 e. The molecule has 23 heavy (non-hydrogen) atoms. The van der Waals surface area contributed by atoms with E-state index in [4.69, 9.17) is 4.42 Å². The molecule has 0 saturated heterocycles. The van der Waals surface area contributed by atoms with Gasteiger partial charge >= 0.3 is 5.22 Å². The van der Waals surface area contributed by atoms with Crippen LogP contribution in [0.3, 0.4) is 0 Å². The first-order chi connectivity index (χ1) is 10.9. The van der Waals surface area contributed by atoms with Crippen molar-refractivity contribution in [2.24, 2.45) is 0 Å². The second-order valence-electron chi connectivity index (χ2n) is 4.93. The number of carbonyl (C=O) groups is 1. The predicted molar refractivity (Wildman–Crippen MR) is 78.6 cm³/mol. The highest BCUT2D eigenvalue weighted by molar-refractivity contribution is 7.90. The summed E-state index contributed by atoms with van der Waals surface area (Å²) in [6.07, 6.45) is 0.915. The van der Waals surface area contributed by atoms with E-state index in [2.05, 4.69) is 15.5 Å². The molecule has 9 heteroatoms. The summed E-state index contributed by atoms with van der Waals surface area (Å²) < 4.78 is 42.3. The third kappa shape index (κ3) is 5.13. The lowest BCUT2D eigenvalue weighted by Crippen LogP contribution is -2.21. The Labute approximate surface area is 132 Å². The topological polar surface area (TPSA) is 102 Å². The Bertz CT molecular complexity index is 772. The molecule has 0 aliphatic rings. The first-order valence-corrected chi connectivity index (χ1v) is 8.56. The number of aromatic nitrogens is 2. The molecule has 1 amide bonds. The minimum absolute atomic E-state index is 0.141. The second-order valence-corrected chi connectivity index (χ2v) is 6.80. The van der Waals surface area contributed by atoms with Crippen LogP contribution in [0.25, 0.3) is 0 Å². The van der Waals surface area contributed by atoms with Crippen LogP contribution in [0.5, 0.6) is 0 Å². The molecule has 2 aromatic rings. The van der Waals surface area contributed by atoms with Crippen molar-refractivity contribution in [2.75, 3.05) is 6.54 Å². The smallest absolute Gasteiger partial charge is 0.335 e. The third-order valence-corrected chi connectivity index (χ3v) is 4.34. The first kappa shape index (κ1) is 17.1. The fourth-order valence-electron chi connectivity index (χ4n) is 1.83. The molecule has 1 heterocycles. The van der Waals surface area contributed by atoms with Gasteiger partial charge in [0.05, 0.1) is 5.75 Å². The summed E-state index contributed by atoms with van der Waals surface area (Å²) in [6, 6.07) is 5.15. The van der Waals surface area contributed by atoms with Gasteiger partial charge in [-0.2, -0.15) is 0 Å². The van der Waals surface area contributed by atoms with Gasteiger partial charge in [-0.25, -0.2) is 12.8 Å². The normalized spacial score (nSPS) is 11.4. The molecule has 2 rings (SSSR count). The zero-order chi connectivity index (χ0) is 16.9. The quantitative estimate of drug-likeness (QED) is 0.761. The monoisotopic (exact) mass is 341 g/mol.